The molecule has 0 saturated heterocycles. The van der Waals surface area contributed by atoms with Gasteiger partial charge in [-0.15, -0.1) is 10.2 Å². The fourth-order valence-corrected chi connectivity index (χ4v) is 3.92. The van der Waals surface area contributed by atoms with Crippen LogP contribution in [0.4, 0.5) is 18.9 Å². The van der Waals surface area contributed by atoms with Crippen molar-refractivity contribution in [3.8, 4) is 11.6 Å². The minimum atomic E-state index is -6.30. The highest BCUT2D eigenvalue weighted by atomic mass is 35.5. The van der Waals surface area contributed by atoms with Gasteiger partial charge in [-0.2, -0.15) is 25.9 Å². The van der Waals surface area contributed by atoms with Crippen LogP contribution in [-0.2, 0) is 14.8 Å². The Hall–Kier alpha value is -3.71. The Balaban J connectivity index is 2.21. The van der Waals surface area contributed by atoms with Gasteiger partial charge >= 0.3 is 21.5 Å². The van der Waals surface area contributed by atoms with Crippen molar-refractivity contribution < 1.29 is 40.7 Å². The number of rotatable bonds is 6. The van der Waals surface area contributed by atoms with Crippen molar-refractivity contribution in [2.24, 2.45) is 0 Å². The molecule has 2 aromatic carbocycles. The van der Waals surface area contributed by atoms with Crippen LogP contribution in [0.2, 0.25) is 5.15 Å². The minimum Gasteiger partial charge on any atom is -0.465 e. The van der Waals surface area contributed by atoms with Crippen LogP contribution in [-0.4, -0.2) is 43.1 Å². The Labute approximate surface area is 202 Å². The van der Waals surface area contributed by atoms with Crippen LogP contribution in [0, 0.1) is 6.92 Å². The zero-order valence-corrected chi connectivity index (χ0v) is 19.5. The molecule has 0 aliphatic carbocycles. The molecule has 35 heavy (non-hydrogen) atoms. The first-order valence-electron chi connectivity index (χ1n) is 9.48. The smallest absolute Gasteiger partial charge is 0.465 e. The SMILES string of the molecule is COC(=O)c1cc(Oc2ccc(Cl)nn2)ccc1N(C(=O)c1ccccc1C)S(=O)(=O)C(F)(F)F. The van der Waals surface area contributed by atoms with Crippen LogP contribution in [0.5, 0.6) is 11.6 Å². The molecule has 0 aliphatic heterocycles. The van der Waals surface area contributed by atoms with Gasteiger partial charge in [-0.1, -0.05) is 29.8 Å². The molecular formula is C21H15ClF3N3O6S. The molecule has 0 aliphatic rings. The Bertz CT molecular complexity index is 1380. The van der Waals surface area contributed by atoms with Gasteiger partial charge in [-0.3, -0.25) is 4.79 Å². The third-order valence-corrected chi connectivity index (χ3v) is 6.14. The highest BCUT2D eigenvalue weighted by molar-refractivity contribution is 7.94. The molecule has 0 fully saturated rings. The molecule has 3 rings (SSSR count). The van der Waals surface area contributed by atoms with Crippen molar-refractivity contribution >= 4 is 39.2 Å². The summed E-state index contributed by atoms with van der Waals surface area (Å²) in [7, 11) is -5.37. The number of alkyl halides is 3. The molecule has 0 unspecified atom stereocenters. The topological polar surface area (TPSA) is 116 Å². The average molecular weight is 530 g/mol. The van der Waals surface area contributed by atoms with E-state index in [2.05, 4.69) is 14.9 Å². The predicted octanol–water partition coefficient (Wildman–Crippen LogP) is 4.51. The molecule has 14 heteroatoms. The first-order valence-corrected chi connectivity index (χ1v) is 11.3. The number of carbonyl (C=O) groups is 2. The zero-order chi connectivity index (χ0) is 26.0. The van der Waals surface area contributed by atoms with E-state index in [9.17, 15) is 31.2 Å². The van der Waals surface area contributed by atoms with E-state index in [0.717, 1.165) is 31.4 Å². The molecule has 0 spiro atoms. The summed E-state index contributed by atoms with van der Waals surface area (Å²) in [6.07, 6.45) is 0. The summed E-state index contributed by atoms with van der Waals surface area (Å²) in [5.74, 6) is -2.98. The first kappa shape index (κ1) is 25.9. The number of benzene rings is 2. The van der Waals surface area contributed by atoms with Gasteiger partial charge in [0.2, 0.25) is 5.88 Å². The molecule has 0 atom stereocenters. The van der Waals surface area contributed by atoms with Crippen LogP contribution >= 0.6 is 11.6 Å². The van der Waals surface area contributed by atoms with Gasteiger partial charge in [0.15, 0.2) is 5.15 Å². The van der Waals surface area contributed by atoms with E-state index in [1.807, 2.05) is 0 Å². The number of halogens is 4. The van der Waals surface area contributed by atoms with Crippen molar-refractivity contribution in [2.75, 3.05) is 11.4 Å². The quantitative estimate of drug-likeness (QED) is 0.428. The number of hydrogen-bond acceptors (Lipinski definition) is 8. The van der Waals surface area contributed by atoms with E-state index in [4.69, 9.17) is 16.3 Å². The Morgan fingerprint density at radius 2 is 1.69 bits per heavy atom. The van der Waals surface area contributed by atoms with Crippen LogP contribution < -0.4 is 9.04 Å². The highest BCUT2D eigenvalue weighted by Crippen LogP contribution is 2.36. The van der Waals surface area contributed by atoms with E-state index >= 15 is 0 Å². The first-order chi connectivity index (χ1) is 16.4. The van der Waals surface area contributed by atoms with E-state index in [-0.39, 0.29) is 27.9 Å². The van der Waals surface area contributed by atoms with Crippen molar-refractivity contribution in [1.29, 1.82) is 0 Å². The number of methoxy groups -OCH3 is 1. The molecule has 3 aromatic rings. The molecule has 0 radical (unpaired) electrons. The Morgan fingerprint density at radius 1 is 1.00 bits per heavy atom. The summed E-state index contributed by atoms with van der Waals surface area (Å²) in [6, 6.07) is 10.9. The number of esters is 1. The van der Waals surface area contributed by atoms with Gasteiger partial charge in [0, 0.05) is 11.6 Å². The molecule has 0 N–H and O–H groups in total. The van der Waals surface area contributed by atoms with Crippen molar-refractivity contribution in [3.05, 3.63) is 76.4 Å². The number of ether oxygens (including phenoxy) is 2. The third-order valence-electron chi connectivity index (χ3n) is 4.51. The Kier molecular flexibility index (Phi) is 7.31. The Morgan fingerprint density at radius 3 is 2.26 bits per heavy atom. The van der Waals surface area contributed by atoms with Gasteiger partial charge in [-0.05, 0) is 42.8 Å². The number of aryl methyl sites for hydroxylation is 1. The van der Waals surface area contributed by atoms with Crippen molar-refractivity contribution in [2.45, 2.75) is 12.4 Å². The molecule has 0 saturated carbocycles. The molecule has 1 aromatic heterocycles. The van der Waals surface area contributed by atoms with Gasteiger partial charge < -0.3 is 9.47 Å². The molecule has 1 amide bonds. The number of aromatic nitrogens is 2. The van der Waals surface area contributed by atoms with Gasteiger partial charge in [0.05, 0.1) is 18.4 Å². The van der Waals surface area contributed by atoms with Crippen molar-refractivity contribution in [3.63, 3.8) is 0 Å². The maximum absolute atomic E-state index is 13.6. The molecule has 1 heterocycles. The van der Waals surface area contributed by atoms with Crippen LogP contribution in [0.3, 0.4) is 0 Å². The number of hydrogen-bond donors (Lipinski definition) is 0. The van der Waals surface area contributed by atoms with Crippen molar-refractivity contribution in [1.82, 2.24) is 10.2 Å². The molecule has 9 nitrogen and oxygen atoms in total. The lowest BCUT2D eigenvalue weighted by atomic mass is 10.1. The standard InChI is InChI=1S/C21H15ClF3N3O6S/c1-12-5-3-4-6-14(12)19(29)28(35(31,32)21(23,24)25)16-8-7-13(11-15(16)20(30)33-2)34-18-10-9-17(22)26-27-18/h3-11H,1-2H3. The second-order valence-corrected chi connectivity index (χ2v) is 8.97. The number of amides is 1. The van der Waals surface area contributed by atoms with E-state index in [1.165, 1.54) is 37.3 Å². The summed E-state index contributed by atoms with van der Waals surface area (Å²) < 4.78 is 75.4. The second-order valence-electron chi connectivity index (χ2n) is 6.80. The molecule has 0 bridgehead atoms. The predicted molar refractivity (Wildman–Crippen MR) is 118 cm³/mol. The largest absolute Gasteiger partial charge is 0.517 e. The molecule has 184 valence electrons. The van der Waals surface area contributed by atoms with Gasteiger partial charge in [-0.25, -0.2) is 4.79 Å². The number of sulfonamides is 1. The lowest BCUT2D eigenvalue weighted by Crippen LogP contribution is -2.45. The summed E-state index contributed by atoms with van der Waals surface area (Å²) in [6.45, 7) is 1.41. The van der Waals surface area contributed by atoms with Gasteiger partial charge in [0.1, 0.15) is 5.75 Å². The van der Waals surface area contributed by atoms with Gasteiger partial charge in [0.25, 0.3) is 5.91 Å². The lowest BCUT2D eigenvalue weighted by molar-refractivity contribution is -0.0437. The van der Waals surface area contributed by atoms with Crippen LogP contribution in [0.25, 0.3) is 0 Å². The van der Waals surface area contributed by atoms with Crippen LogP contribution in [0.1, 0.15) is 26.3 Å². The lowest BCUT2D eigenvalue weighted by Gasteiger charge is -2.26. The zero-order valence-electron chi connectivity index (χ0n) is 17.9. The van der Waals surface area contributed by atoms with Crippen LogP contribution in [0.15, 0.2) is 54.6 Å². The maximum Gasteiger partial charge on any atom is 0.517 e. The fraction of sp³-hybridized carbons (Fsp3) is 0.143. The van der Waals surface area contributed by atoms with E-state index < -0.39 is 43.0 Å². The summed E-state index contributed by atoms with van der Waals surface area (Å²) in [4.78, 5) is 25.6. The summed E-state index contributed by atoms with van der Waals surface area (Å²) in [5.41, 5.74) is -7.57. The molecular weight excluding hydrogens is 515 g/mol. The number of carbonyl (C=O) groups excluding carboxylic acids is 2. The number of nitrogens with zero attached hydrogens (tertiary/aromatic N) is 3. The average Bonchev–Trinajstić information content (AvgIpc) is 2.80. The summed E-state index contributed by atoms with van der Waals surface area (Å²) in [5, 5.41) is 7.27. The van der Waals surface area contributed by atoms with E-state index in [0.29, 0.717) is 0 Å². The normalized spacial score (nSPS) is 11.6. The number of anilines is 1. The fourth-order valence-electron chi connectivity index (χ4n) is 2.88. The highest BCUT2D eigenvalue weighted by Gasteiger charge is 2.53. The minimum absolute atomic E-state index is 0.0608. The third kappa shape index (κ3) is 5.35. The second kappa shape index (κ2) is 9.88. The van der Waals surface area contributed by atoms with E-state index in [1.54, 1.807) is 0 Å². The summed E-state index contributed by atoms with van der Waals surface area (Å²) >= 11 is 5.65. The maximum atomic E-state index is 13.6. The monoisotopic (exact) mass is 529 g/mol.